The molecule has 7 heterocycles. The van der Waals surface area contributed by atoms with Gasteiger partial charge in [0, 0.05) is 80.0 Å². The average Bonchev–Trinajstić information content (AvgIpc) is 1.92. The van der Waals surface area contributed by atoms with Crippen LogP contribution in [0.2, 0.25) is 0 Å². The topological polar surface area (TPSA) is 229 Å². The number of hydrogen-bond acceptors (Lipinski definition) is 16. The number of benzene rings is 5. The largest absolute Gasteiger partial charge is 0.573 e. The second-order valence-electron chi connectivity index (χ2n) is 18.4. The molecule has 28 heteroatoms. The summed E-state index contributed by atoms with van der Waals surface area (Å²) in [6.45, 7) is 0. The van der Waals surface area contributed by atoms with Crippen LogP contribution in [-0.2, 0) is 49.1 Å². The fraction of sp³-hybridized carbons (Fsp3) is 0.0492. The summed E-state index contributed by atoms with van der Waals surface area (Å²) in [5.74, 6) is -1.35. The highest BCUT2D eigenvalue weighted by Crippen LogP contribution is 2.37. The van der Waals surface area contributed by atoms with Gasteiger partial charge >= 0.3 is 18.3 Å². The minimum atomic E-state index is -4.83. The molecule has 1 N–H and O–H groups in total. The highest BCUT2D eigenvalue weighted by Gasteiger charge is 2.31. The highest BCUT2D eigenvalue weighted by atomic mass is 79.9. The molecule has 5 aromatic carbocycles. The Morgan fingerprint density at radius 2 is 0.933 bits per heavy atom. The first-order chi connectivity index (χ1) is 42.4. The molecule has 0 unspecified atom stereocenters. The van der Waals surface area contributed by atoms with E-state index in [2.05, 4.69) is 51.1 Å². The Morgan fingerprint density at radius 1 is 0.506 bits per heavy atom. The van der Waals surface area contributed by atoms with E-state index in [1.54, 1.807) is 115 Å². The molecule has 12 aromatic rings. The highest BCUT2D eigenvalue weighted by molar-refractivity contribution is 9.11. The van der Waals surface area contributed by atoms with Crippen LogP contribution in [0.5, 0.6) is 5.75 Å². The van der Waals surface area contributed by atoms with Gasteiger partial charge in [-0.1, -0.05) is 24.3 Å². The maximum atomic E-state index is 13.3. The van der Waals surface area contributed by atoms with E-state index in [-0.39, 0.29) is 12.6 Å². The predicted octanol–water partition coefficient (Wildman–Crippen LogP) is 15.1. The van der Waals surface area contributed by atoms with Crippen molar-refractivity contribution in [3.8, 4) is 16.2 Å². The number of hydrogen-bond donors (Lipinski definition) is 1. The number of rotatable bonds is 14. The van der Waals surface area contributed by atoms with Gasteiger partial charge < -0.3 is 19.2 Å². The molecule has 0 aliphatic carbocycles. The van der Waals surface area contributed by atoms with Gasteiger partial charge in [-0.2, -0.15) is 25.3 Å². The maximum absolute atomic E-state index is 13.3. The van der Waals surface area contributed by atoms with Crippen molar-refractivity contribution in [2.75, 3.05) is 14.2 Å². The van der Waals surface area contributed by atoms with Crippen LogP contribution in [0.1, 0.15) is 31.8 Å². The minimum absolute atomic E-state index is 0.0248. The van der Waals surface area contributed by atoms with Crippen molar-refractivity contribution in [3.63, 3.8) is 0 Å². The molecule has 0 radical (unpaired) electrons. The third-order valence-electron chi connectivity index (χ3n) is 12.7. The van der Waals surface area contributed by atoms with E-state index in [0.29, 0.717) is 48.9 Å². The van der Waals surface area contributed by atoms with Gasteiger partial charge in [-0.25, -0.2) is 21.5 Å². The first-order valence-corrected chi connectivity index (χ1v) is 33.8. The van der Waals surface area contributed by atoms with Gasteiger partial charge in [0.05, 0.1) is 38.3 Å². The second-order valence-corrected chi connectivity index (χ2v) is 30.5. The molecule has 0 atom stereocenters. The van der Waals surface area contributed by atoms with E-state index in [1.165, 1.54) is 83.2 Å². The average molecular weight is 1450 g/mol. The van der Waals surface area contributed by atoms with Crippen LogP contribution < -0.4 is 4.74 Å². The number of alkyl halides is 3. The van der Waals surface area contributed by atoms with Crippen molar-refractivity contribution in [2.24, 2.45) is 0 Å². The minimum Gasteiger partial charge on any atom is -0.466 e. The number of fused-ring (bicyclic) bond motifs is 4. The lowest BCUT2D eigenvalue weighted by molar-refractivity contribution is -0.274. The lowest BCUT2D eigenvalue weighted by Gasteiger charge is -2.09. The molecule has 0 amide bonds. The van der Waals surface area contributed by atoms with Gasteiger partial charge in [-0.3, -0.25) is 9.59 Å². The van der Waals surface area contributed by atoms with E-state index in [4.69, 9.17) is 0 Å². The number of aromatic nitrogens is 4. The van der Waals surface area contributed by atoms with Crippen molar-refractivity contribution >= 4 is 176 Å². The summed E-state index contributed by atoms with van der Waals surface area (Å²) >= 11 is 9.80. The summed E-state index contributed by atoms with van der Waals surface area (Å²) in [5.41, 5.74) is 5.74. The Labute approximate surface area is 534 Å². The number of H-pyrrole nitrogens is 1. The van der Waals surface area contributed by atoms with Crippen molar-refractivity contribution in [1.29, 1.82) is 0 Å². The van der Waals surface area contributed by atoms with Crippen molar-refractivity contribution < 1.29 is 71.8 Å². The summed E-state index contributed by atoms with van der Waals surface area (Å²) < 4.78 is 133. The lowest BCUT2D eigenvalue weighted by atomic mass is 10.1. The van der Waals surface area contributed by atoms with Crippen LogP contribution in [-0.4, -0.2) is 87.2 Å². The smallest absolute Gasteiger partial charge is 0.466 e. The number of methoxy groups -OCH3 is 2. The zero-order valence-electron chi connectivity index (χ0n) is 45.8. The van der Waals surface area contributed by atoms with Crippen molar-refractivity contribution in [1.82, 2.24) is 16.9 Å². The second kappa shape index (κ2) is 27.5. The van der Waals surface area contributed by atoms with E-state index < -0.39 is 54.1 Å². The van der Waals surface area contributed by atoms with Crippen molar-refractivity contribution in [2.45, 2.75) is 19.0 Å². The summed E-state index contributed by atoms with van der Waals surface area (Å²) in [6.07, 6.45) is 8.83. The quantitative estimate of drug-likeness (QED) is 0.0607. The molecule has 7 aromatic heterocycles. The fourth-order valence-electron chi connectivity index (χ4n) is 8.55. The number of nitrogens with one attached hydrogen (secondary N) is 1. The van der Waals surface area contributed by atoms with Gasteiger partial charge in [0.25, 0.3) is 30.1 Å². The first kappa shape index (κ1) is 65.0. The van der Waals surface area contributed by atoms with Crippen LogP contribution in [0.3, 0.4) is 0 Å². The third-order valence-corrected chi connectivity index (χ3v) is 23.5. The summed E-state index contributed by atoms with van der Waals surface area (Å²) in [5, 5.41) is 3.20. The van der Waals surface area contributed by atoms with Gasteiger partial charge in [0.15, 0.2) is 0 Å². The Bertz CT molecular complexity index is 5050. The van der Waals surface area contributed by atoms with Crippen LogP contribution in [0, 0.1) is 0 Å². The summed E-state index contributed by atoms with van der Waals surface area (Å²) in [4.78, 5) is 47.1. The van der Waals surface area contributed by atoms with E-state index in [9.17, 15) is 57.6 Å². The number of thiophene rings is 3. The molecule has 89 heavy (non-hydrogen) atoms. The molecule has 0 saturated heterocycles. The Balaban J connectivity index is 0.000000150. The monoisotopic (exact) mass is 1450 g/mol. The van der Waals surface area contributed by atoms with Crippen molar-refractivity contribution in [3.05, 3.63) is 224 Å². The van der Waals surface area contributed by atoms with Gasteiger partial charge in [-0.05, 0) is 194 Å². The molecule has 0 spiro atoms. The maximum Gasteiger partial charge on any atom is 0.573 e. The van der Waals surface area contributed by atoms with Crippen LogP contribution in [0.4, 0.5) is 13.2 Å². The number of carbonyl (C=O) groups is 4. The normalized spacial score (nSPS) is 11.9. The number of aldehydes is 2. The molecular weight excluding hydrogens is 1410 g/mol. The summed E-state index contributed by atoms with van der Waals surface area (Å²) in [7, 11) is -8.62. The fourth-order valence-corrected chi connectivity index (χ4v) is 18.2. The zero-order chi connectivity index (χ0) is 63.8. The molecule has 0 aliphatic rings. The van der Waals surface area contributed by atoms with Gasteiger partial charge in [-0.15, -0.1) is 47.2 Å². The molecule has 0 saturated carbocycles. The van der Waals surface area contributed by atoms with Crippen LogP contribution in [0.15, 0.2) is 215 Å². The molecule has 17 nitrogen and oxygen atoms in total. The molecular formula is C61H43Br2F3N4O13S6. The third kappa shape index (κ3) is 15.3. The Morgan fingerprint density at radius 3 is 1.37 bits per heavy atom. The Hall–Kier alpha value is -8.48. The molecule has 0 aliphatic heterocycles. The molecule has 0 bridgehead atoms. The molecule has 0 fully saturated rings. The van der Waals surface area contributed by atoms with Crippen LogP contribution in [0.25, 0.3) is 66.2 Å². The zero-order valence-corrected chi connectivity index (χ0v) is 53.8. The summed E-state index contributed by atoms with van der Waals surface area (Å²) in [6, 6.07) is 42.6. The number of carbonyl (C=O) groups excluding carboxylic acids is 4. The molecule has 12 rings (SSSR count). The predicted molar refractivity (Wildman–Crippen MR) is 345 cm³/mol. The number of nitrogens with zero attached hydrogens (tertiary/aromatic N) is 3. The molecule has 456 valence electrons. The van der Waals surface area contributed by atoms with E-state index in [0.717, 1.165) is 85.5 Å². The number of aromatic amines is 1. The number of halogens is 5. The Kier molecular flexibility index (Phi) is 20.1. The van der Waals surface area contributed by atoms with Gasteiger partial charge in [0.1, 0.15) is 30.9 Å². The van der Waals surface area contributed by atoms with E-state index in [1.807, 2.05) is 30.5 Å². The lowest BCUT2D eigenvalue weighted by Crippen LogP contribution is -2.17. The first-order valence-electron chi connectivity index (χ1n) is 25.5. The standard InChI is InChI=1S/C23H16F3NO5S2.C16H12BrNO4S2.C13H8BrNO3S2.C9H7NO/c1-31-21(28)9-6-15-5-7-19-16(13-15)11-12-27(19)34(29,30)22-10-8-20(33-22)17-3-2-4-18(14-17)32-23(24,25)26;1-22-15(19)6-3-11-2-4-13-12(10-11)8-9-18(13)24(20,21)16-7-5-14(17)23-16;14-12-3-4-13(19-12)20(17,18)15-6-5-10-7-9(8-16)1-2-11(10)15;11-6-7-1-2-9-8(5-7)3-4-10-9/h2-14H,1H3;2-10H,1H3;1-8H;1-6,10H/b9-6+;6-3+;;. The van der Waals surface area contributed by atoms with Gasteiger partial charge in [0.2, 0.25) is 0 Å². The SMILES string of the molecule is COC(=O)/C=C/c1ccc2c(ccn2S(=O)(=O)c2ccc(-c3cccc(OC(F)(F)F)c3)s2)c1.COC(=O)/C=C/c1ccc2c(ccn2S(=O)(=O)c2ccc(Br)s2)c1.O=Cc1ccc2[nH]ccc2c1.O=Cc1ccc2c(ccn2S(=O)(=O)c2ccc(Br)s2)c1. The number of ether oxygens (including phenoxy) is 3. The van der Waals surface area contributed by atoms with E-state index >= 15 is 0 Å². The van der Waals surface area contributed by atoms with Crippen LogP contribution >= 0.6 is 65.9 Å². The number of esters is 2.